The summed E-state index contributed by atoms with van der Waals surface area (Å²) < 4.78 is 10.3. The number of aryl methyl sites for hydroxylation is 1. The molecule has 11 nitrogen and oxygen atoms in total. The van der Waals surface area contributed by atoms with Crippen LogP contribution in [0.2, 0.25) is 0 Å². The molecule has 1 atom stereocenters. The molecule has 194 valence electrons. The van der Waals surface area contributed by atoms with Crippen LogP contribution < -0.4 is 9.64 Å². The van der Waals surface area contributed by atoms with Gasteiger partial charge in [-0.3, -0.25) is 24.6 Å². The van der Waals surface area contributed by atoms with Gasteiger partial charge in [-0.15, -0.1) is 0 Å². The third kappa shape index (κ3) is 4.76. The molecule has 3 aromatic rings. The first-order chi connectivity index (χ1) is 18.2. The summed E-state index contributed by atoms with van der Waals surface area (Å²) in [4.78, 5) is 55.5. The number of ether oxygens (including phenoxy) is 2. The predicted octanol–water partition coefficient (Wildman–Crippen LogP) is 4.34. The fourth-order valence-corrected chi connectivity index (χ4v) is 4.94. The van der Waals surface area contributed by atoms with Gasteiger partial charge in [0.2, 0.25) is 0 Å². The second-order valence-corrected chi connectivity index (χ2v) is 9.03. The summed E-state index contributed by atoms with van der Waals surface area (Å²) in [5.74, 6) is -2.84. The first kappa shape index (κ1) is 26.2. The van der Waals surface area contributed by atoms with E-state index in [0.717, 1.165) is 16.2 Å². The summed E-state index contributed by atoms with van der Waals surface area (Å²) in [5, 5.41) is 22.7. The van der Waals surface area contributed by atoms with Crippen LogP contribution in [0.4, 0.5) is 10.8 Å². The van der Waals surface area contributed by atoms with Crippen LogP contribution in [-0.2, 0) is 14.3 Å². The number of hydrogen-bond acceptors (Lipinski definition) is 10. The number of aliphatic hydroxyl groups is 1. The van der Waals surface area contributed by atoms with Crippen LogP contribution in [0.5, 0.6) is 5.75 Å². The van der Waals surface area contributed by atoms with Gasteiger partial charge in [0.25, 0.3) is 11.5 Å². The molecular formula is C26H21N3O8S. The fourth-order valence-electron chi connectivity index (χ4n) is 3.95. The lowest BCUT2D eigenvalue weighted by Gasteiger charge is -2.22. The Morgan fingerprint density at radius 2 is 2.00 bits per heavy atom. The predicted molar refractivity (Wildman–Crippen MR) is 138 cm³/mol. The highest BCUT2D eigenvalue weighted by Crippen LogP contribution is 2.44. The molecule has 1 fully saturated rings. The zero-order chi connectivity index (χ0) is 27.6. The Labute approximate surface area is 220 Å². The lowest BCUT2D eigenvalue weighted by atomic mass is 9.95. The number of nitrogens with zero attached hydrogens (tertiary/aromatic N) is 3. The Morgan fingerprint density at radius 1 is 1.26 bits per heavy atom. The third-order valence-corrected chi connectivity index (χ3v) is 6.83. The van der Waals surface area contributed by atoms with Gasteiger partial charge in [0.05, 0.1) is 29.3 Å². The summed E-state index contributed by atoms with van der Waals surface area (Å²) in [6.07, 6.45) is 1.40. The van der Waals surface area contributed by atoms with Gasteiger partial charge >= 0.3 is 11.9 Å². The molecule has 12 heteroatoms. The van der Waals surface area contributed by atoms with Crippen molar-refractivity contribution >= 4 is 45.6 Å². The quantitative estimate of drug-likeness (QED) is 0.0845. The van der Waals surface area contributed by atoms with E-state index < -0.39 is 34.4 Å². The van der Waals surface area contributed by atoms with Gasteiger partial charge < -0.3 is 14.6 Å². The third-order valence-electron chi connectivity index (χ3n) is 5.69. The van der Waals surface area contributed by atoms with Gasteiger partial charge in [-0.05, 0) is 24.6 Å². The fraction of sp³-hybridized carbons (Fsp3) is 0.154. The number of aromatic nitrogens is 1. The minimum atomic E-state index is -1.27. The number of thiazole rings is 1. The summed E-state index contributed by atoms with van der Waals surface area (Å²) in [5.41, 5.74) is 0.0608. The maximum atomic E-state index is 13.3. The van der Waals surface area contributed by atoms with Crippen LogP contribution in [0, 0.1) is 17.0 Å². The van der Waals surface area contributed by atoms with E-state index in [1.54, 1.807) is 19.1 Å². The molecule has 1 saturated heterocycles. The van der Waals surface area contributed by atoms with Gasteiger partial charge in [0, 0.05) is 17.7 Å². The molecule has 1 aliphatic heterocycles. The molecule has 1 aliphatic rings. The topological polar surface area (TPSA) is 149 Å². The maximum Gasteiger partial charge on any atom is 0.350 e. The van der Waals surface area contributed by atoms with Crippen molar-refractivity contribution in [3.05, 3.63) is 98.6 Å². The van der Waals surface area contributed by atoms with E-state index >= 15 is 0 Å². The molecule has 1 unspecified atom stereocenters. The van der Waals surface area contributed by atoms with E-state index in [1.807, 2.05) is 0 Å². The number of esters is 1. The normalized spacial score (nSPS) is 16.4. The molecule has 0 aliphatic carbocycles. The molecule has 0 bridgehead atoms. The molecule has 2 heterocycles. The van der Waals surface area contributed by atoms with Crippen LogP contribution >= 0.6 is 11.3 Å². The van der Waals surface area contributed by atoms with Crippen LogP contribution in [0.15, 0.2) is 66.8 Å². The number of Topliss-reactive ketones (excluding diaryl/α,β-unsaturated/α-hetero) is 1. The molecule has 2 aromatic carbocycles. The average Bonchev–Trinajstić information content (AvgIpc) is 3.43. The van der Waals surface area contributed by atoms with Crippen molar-refractivity contribution in [3.8, 4) is 5.75 Å². The maximum absolute atomic E-state index is 13.3. The van der Waals surface area contributed by atoms with Crippen molar-refractivity contribution in [3.63, 3.8) is 0 Å². The Bertz CT molecular complexity index is 1510. The molecule has 4 rings (SSSR count). The SMILES string of the molecule is C=CCOC(=O)c1sc(N2C(=O)C(=O)C(=C(O)c3cccc(OC)c3)C2c2cccc([N+](=O)[O-])c2)nc1C. The van der Waals surface area contributed by atoms with E-state index in [9.17, 15) is 29.6 Å². The smallest absolute Gasteiger partial charge is 0.350 e. The van der Waals surface area contributed by atoms with E-state index in [1.165, 1.54) is 49.6 Å². The van der Waals surface area contributed by atoms with Crippen LogP contribution in [0.25, 0.3) is 5.76 Å². The number of aliphatic hydroxyl groups excluding tert-OH is 1. The number of carbonyl (C=O) groups is 3. The van der Waals surface area contributed by atoms with Gasteiger partial charge in [-0.25, -0.2) is 9.78 Å². The van der Waals surface area contributed by atoms with Gasteiger partial charge in [-0.1, -0.05) is 48.3 Å². The second-order valence-electron chi connectivity index (χ2n) is 8.05. The molecular weight excluding hydrogens is 514 g/mol. The lowest BCUT2D eigenvalue weighted by Crippen LogP contribution is -2.29. The summed E-state index contributed by atoms with van der Waals surface area (Å²) in [6.45, 7) is 5.00. The van der Waals surface area contributed by atoms with Crippen molar-refractivity contribution in [1.29, 1.82) is 0 Å². The molecule has 1 aromatic heterocycles. The van der Waals surface area contributed by atoms with Crippen molar-refractivity contribution in [1.82, 2.24) is 4.98 Å². The van der Waals surface area contributed by atoms with Gasteiger partial charge in [-0.2, -0.15) is 0 Å². The second kappa shape index (κ2) is 10.6. The highest BCUT2D eigenvalue weighted by Gasteiger charge is 2.48. The van der Waals surface area contributed by atoms with E-state index in [4.69, 9.17) is 9.47 Å². The number of nitro benzene ring substituents is 1. The zero-order valence-electron chi connectivity index (χ0n) is 20.2. The Kier molecular flexibility index (Phi) is 7.35. The molecule has 0 spiro atoms. The molecule has 0 saturated carbocycles. The highest BCUT2D eigenvalue weighted by atomic mass is 32.1. The number of rotatable bonds is 8. The zero-order valence-corrected chi connectivity index (χ0v) is 21.1. The number of anilines is 1. The number of hydrogen-bond donors (Lipinski definition) is 1. The van der Waals surface area contributed by atoms with Crippen LogP contribution in [0.3, 0.4) is 0 Å². The Hall–Kier alpha value is -4.84. The number of ketones is 1. The highest BCUT2D eigenvalue weighted by molar-refractivity contribution is 7.17. The van der Waals surface area contributed by atoms with E-state index in [0.29, 0.717) is 5.75 Å². The number of carbonyl (C=O) groups excluding carboxylic acids is 3. The molecule has 0 radical (unpaired) electrons. The monoisotopic (exact) mass is 535 g/mol. The first-order valence-corrected chi connectivity index (χ1v) is 11.9. The number of amides is 1. The minimum absolute atomic E-state index is 0.0173. The average molecular weight is 536 g/mol. The number of methoxy groups -OCH3 is 1. The van der Waals surface area contributed by atoms with Crippen molar-refractivity contribution in [2.45, 2.75) is 13.0 Å². The van der Waals surface area contributed by atoms with Crippen molar-refractivity contribution in [2.75, 3.05) is 18.6 Å². The Balaban J connectivity index is 1.92. The van der Waals surface area contributed by atoms with Crippen LogP contribution in [-0.4, -0.2) is 46.4 Å². The summed E-state index contributed by atoms with van der Waals surface area (Å²) >= 11 is 0.820. The van der Waals surface area contributed by atoms with Crippen LogP contribution in [0.1, 0.15) is 32.5 Å². The van der Waals surface area contributed by atoms with Crippen molar-refractivity contribution < 1.29 is 33.9 Å². The molecule has 1 amide bonds. The lowest BCUT2D eigenvalue weighted by molar-refractivity contribution is -0.384. The summed E-state index contributed by atoms with van der Waals surface area (Å²) in [6, 6.07) is 10.3. The van der Waals surface area contributed by atoms with Gasteiger partial charge in [0.15, 0.2) is 5.13 Å². The van der Waals surface area contributed by atoms with E-state index in [2.05, 4.69) is 11.6 Å². The molecule has 1 N–H and O–H groups in total. The number of benzene rings is 2. The molecule has 38 heavy (non-hydrogen) atoms. The summed E-state index contributed by atoms with van der Waals surface area (Å²) in [7, 11) is 1.43. The minimum Gasteiger partial charge on any atom is -0.507 e. The largest absolute Gasteiger partial charge is 0.507 e. The first-order valence-electron chi connectivity index (χ1n) is 11.1. The van der Waals surface area contributed by atoms with Gasteiger partial charge in [0.1, 0.15) is 23.0 Å². The number of non-ortho nitro benzene ring substituents is 1. The standard InChI is InChI=1S/C26H21N3O8S/c1-4-11-37-25(33)23-14(2)27-26(38-23)28-20(15-7-5-9-17(12-15)29(34)35)19(22(31)24(28)32)21(30)16-8-6-10-18(13-16)36-3/h4-10,12-13,20,30H,1,11H2,2-3H3. The van der Waals surface area contributed by atoms with Crippen molar-refractivity contribution in [2.24, 2.45) is 0 Å². The Morgan fingerprint density at radius 3 is 2.68 bits per heavy atom. The van der Waals surface area contributed by atoms with E-state index in [-0.39, 0.29) is 44.7 Å². The number of nitro groups is 1.